The van der Waals surface area contributed by atoms with Crippen molar-refractivity contribution in [1.29, 1.82) is 0 Å². The predicted octanol–water partition coefficient (Wildman–Crippen LogP) is 3.80. The second-order valence-corrected chi connectivity index (χ2v) is 8.15. The monoisotopic (exact) mass is 434 g/mol. The lowest BCUT2D eigenvalue weighted by Gasteiger charge is -2.49. The zero-order valence-corrected chi connectivity index (χ0v) is 17.4. The number of hydrogen-bond acceptors (Lipinski definition) is 6. The van der Waals surface area contributed by atoms with Crippen LogP contribution in [0.2, 0.25) is 0 Å². The van der Waals surface area contributed by atoms with Crippen LogP contribution in [0.15, 0.2) is 43.1 Å². The molecular weight excluding hydrogens is 414 g/mol. The zero-order chi connectivity index (χ0) is 21.9. The average molecular weight is 434 g/mol. The third-order valence-electron chi connectivity index (χ3n) is 6.57. The maximum absolute atomic E-state index is 13.8. The minimum atomic E-state index is -0.926. The Kier molecular flexibility index (Phi) is 4.11. The summed E-state index contributed by atoms with van der Waals surface area (Å²) in [7, 11) is 0. The van der Waals surface area contributed by atoms with Gasteiger partial charge in [0.1, 0.15) is 23.4 Å². The van der Waals surface area contributed by atoms with E-state index in [1.165, 1.54) is 6.07 Å². The molecule has 0 bridgehead atoms. The lowest BCUT2D eigenvalue weighted by molar-refractivity contribution is 0.274. The van der Waals surface area contributed by atoms with Gasteiger partial charge in [-0.25, -0.2) is 18.7 Å². The SMILES string of the molecule is CCC12CCCCN1c1nc(-n3ccnc3-c3ccc(F)c(F)c3)ncc1-n1cnnc12. The van der Waals surface area contributed by atoms with Crippen molar-refractivity contribution >= 4 is 5.82 Å². The number of nitrogens with zero attached hydrogens (tertiary/aromatic N) is 8. The molecule has 32 heavy (non-hydrogen) atoms. The van der Waals surface area contributed by atoms with Gasteiger partial charge in [-0.3, -0.25) is 9.13 Å². The number of fused-ring (bicyclic) bond motifs is 6. The van der Waals surface area contributed by atoms with E-state index in [4.69, 9.17) is 4.98 Å². The van der Waals surface area contributed by atoms with Gasteiger partial charge in [0, 0.05) is 24.5 Å². The first-order chi connectivity index (χ1) is 15.6. The van der Waals surface area contributed by atoms with Crippen LogP contribution in [-0.4, -0.2) is 40.8 Å². The molecule has 1 fully saturated rings. The van der Waals surface area contributed by atoms with Crippen LogP contribution in [-0.2, 0) is 5.54 Å². The zero-order valence-electron chi connectivity index (χ0n) is 17.4. The molecule has 8 nitrogen and oxygen atoms in total. The number of imidazole rings is 1. The van der Waals surface area contributed by atoms with E-state index in [0.717, 1.165) is 61.7 Å². The number of piperidine rings is 1. The van der Waals surface area contributed by atoms with Crippen molar-refractivity contribution in [1.82, 2.24) is 34.3 Å². The van der Waals surface area contributed by atoms with E-state index < -0.39 is 11.6 Å². The normalized spacial score (nSPS) is 19.4. The second kappa shape index (κ2) is 6.91. The number of hydrogen-bond donors (Lipinski definition) is 0. The first-order valence-corrected chi connectivity index (χ1v) is 10.7. The number of halogens is 2. The van der Waals surface area contributed by atoms with E-state index >= 15 is 0 Å². The molecule has 162 valence electrons. The number of rotatable bonds is 3. The molecule has 0 aliphatic carbocycles. The Morgan fingerprint density at radius 2 is 2.00 bits per heavy atom. The fraction of sp³-hybridized carbons (Fsp3) is 0.318. The average Bonchev–Trinajstić information content (AvgIpc) is 3.51. The van der Waals surface area contributed by atoms with Gasteiger partial charge < -0.3 is 4.90 Å². The van der Waals surface area contributed by atoms with Crippen LogP contribution in [0.1, 0.15) is 38.4 Å². The Morgan fingerprint density at radius 3 is 2.84 bits per heavy atom. The lowest BCUT2D eigenvalue weighted by Crippen LogP contribution is -2.53. The Morgan fingerprint density at radius 1 is 1.09 bits per heavy atom. The van der Waals surface area contributed by atoms with Crippen molar-refractivity contribution in [3.05, 3.63) is 60.6 Å². The van der Waals surface area contributed by atoms with Crippen molar-refractivity contribution in [3.63, 3.8) is 0 Å². The first kappa shape index (κ1) is 19.0. The van der Waals surface area contributed by atoms with Crippen molar-refractivity contribution in [2.75, 3.05) is 11.4 Å². The Bertz CT molecular complexity index is 1330. The smallest absolute Gasteiger partial charge is 0.237 e. The van der Waals surface area contributed by atoms with Crippen LogP contribution in [0.25, 0.3) is 23.0 Å². The molecular formula is C22H20F2N8. The fourth-order valence-corrected chi connectivity index (χ4v) is 4.99. The van der Waals surface area contributed by atoms with Gasteiger partial charge in [-0.2, -0.15) is 4.98 Å². The number of anilines is 1. The van der Waals surface area contributed by atoms with Gasteiger partial charge in [0.05, 0.1) is 6.20 Å². The third-order valence-corrected chi connectivity index (χ3v) is 6.57. The number of benzene rings is 1. The molecule has 2 aliphatic rings. The van der Waals surface area contributed by atoms with Gasteiger partial charge in [0.15, 0.2) is 23.3 Å². The summed E-state index contributed by atoms with van der Waals surface area (Å²) in [6, 6.07) is 3.71. The highest BCUT2D eigenvalue weighted by Crippen LogP contribution is 2.47. The highest BCUT2D eigenvalue weighted by atomic mass is 19.2. The molecule has 0 spiro atoms. The van der Waals surface area contributed by atoms with E-state index in [2.05, 4.69) is 32.0 Å². The standard InChI is InChI=1S/C22H20F2N8/c1-2-22-7-3-4-9-32(22)19-17(31-13-27-29-20(22)31)12-26-21(28-19)30-10-8-25-18(30)14-5-6-15(23)16(24)11-14/h5-6,8,10-13H,2-4,7,9H2,1H3. The van der Waals surface area contributed by atoms with Crippen LogP contribution in [0.5, 0.6) is 0 Å². The molecule has 1 unspecified atom stereocenters. The van der Waals surface area contributed by atoms with Crippen LogP contribution in [0, 0.1) is 11.6 Å². The van der Waals surface area contributed by atoms with E-state index in [9.17, 15) is 8.78 Å². The highest BCUT2D eigenvalue weighted by molar-refractivity contribution is 5.65. The summed E-state index contributed by atoms with van der Waals surface area (Å²) in [6.45, 7) is 3.03. The summed E-state index contributed by atoms with van der Waals surface area (Å²) in [6.07, 6.45) is 10.8. The highest BCUT2D eigenvalue weighted by Gasteiger charge is 2.47. The van der Waals surface area contributed by atoms with Crippen LogP contribution in [0.3, 0.4) is 0 Å². The van der Waals surface area contributed by atoms with Crippen LogP contribution < -0.4 is 4.90 Å². The molecule has 10 heteroatoms. The van der Waals surface area contributed by atoms with Crippen LogP contribution >= 0.6 is 0 Å². The Balaban J connectivity index is 1.51. The molecule has 0 N–H and O–H groups in total. The molecule has 6 rings (SSSR count). The summed E-state index contributed by atoms with van der Waals surface area (Å²) < 4.78 is 30.9. The molecule has 4 aromatic rings. The minimum absolute atomic E-state index is 0.259. The minimum Gasteiger partial charge on any atom is -0.342 e. The van der Waals surface area contributed by atoms with Crippen molar-refractivity contribution in [2.45, 2.75) is 38.1 Å². The first-order valence-electron chi connectivity index (χ1n) is 10.7. The fourth-order valence-electron chi connectivity index (χ4n) is 4.99. The van der Waals surface area contributed by atoms with Gasteiger partial charge in [-0.1, -0.05) is 6.92 Å². The van der Waals surface area contributed by atoms with Gasteiger partial charge >= 0.3 is 0 Å². The van der Waals surface area contributed by atoms with Gasteiger partial charge in [0.2, 0.25) is 5.95 Å². The molecule has 1 atom stereocenters. The molecule has 3 aromatic heterocycles. The molecule has 0 amide bonds. The van der Waals surface area contributed by atoms with E-state index in [1.54, 1.807) is 29.5 Å². The summed E-state index contributed by atoms with van der Waals surface area (Å²) >= 11 is 0. The molecule has 0 radical (unpaired) electrons. The van der Waals surface area contributed by atoms with E-state index in [1.807, 2.05) is 4.57 Å². The molecule has 2 aliphatic heterocycles. The third kappa shape index (κ3) is 2.55. The summed E-state index contributed by atoms with van der Waals surface area (Å²) in [4.78, 5) is 16.2. The molecule has 1 aromatic carbocycles. The van der Waals surface area contributed by atoms with Gasteiger partial charge in [-0.15, -0.1) is 10.2 Å². The lowest BCUT2D eigenvalue weighted by atomic mass is 9.82. The second-order valence-electron chi connectivity index (χ2n) is 8.15. The largest absolute Gasteiger partial charge is 0.342 e. The maximum atomic E-state index is 13.8. The van der Waals surface area contributed by atoms with E-state index in [-0.39, 0.29) is 5.54 Å². The topological polar surface area (TPSA) is 77.5 Å². The predicted molar refractivity (Wildman–Crippen MR) is 113 cm³/mol. The summed E-state index contributed by atoms with van der Waals surface area (Å²) in [5.41, 5.74) is 1.01. The van der Waals surface area contributed by atoms with Crippen LogP contribution in [0.4, 0.5) is 14.6 Å². The molecule has 0 saturated carbocycles. The Hall–Kier alpha value is -3.69. The molecule has 5 heterocycles. The quantitative estimate of drug-likeness (QED) is 0.488. The van der Waals surface area contributed by atoms with Crippen molar-refractivity contribution < 1.29 is 8.78 Å². The van der Waals surface area contributed by atoms with Crippen molar-refractivity contribution in [3.8, 4) is 23.0 Å². The number of aromatic nitrogens is 7. The van der Waals surface area contributed by atoms with Gasteiger partial charge in [0.25, 0.3) is 0 Å². The van der Waals surface area contributed by atoms with E-state index in [0.29, 0.717) is 17.3 Å². The summed E-state index contributed by atoms with van der Waals surface area (Å²) in [5.74, 6) is 0.757. The molecule has 1 saturated heterocycles. The Labute approximate surface area is 182 Å². The van der Waals surface area contributed by atoms with Gasteiger partial charge in [-0.05, 0) is 43.9 Å². The van der Waals surface area contributed by atoms with Crippen molar-refractivity contribution in [2.24, 2.45) is 0 Å². The summed E-state index contributed by atoms with van der Waals surface area (Å²) in [5, 5.41) is 8.64. The maximum Gasteiger partial charge on any atom is 0.237 e.